The minimum Gasteiger partial charge on any atom is -0.346 e. The molecule has 1 aromatic heterocycles. The van der Waals surface area contributed by atoms with E-state index in [-0.39, 0.29) is 0 Å². The fourth-order valence-electron chi connectivity index (χ4n) is 0.835. The van der Waals surface area contributed by atoms with Crippen molar-refractivity contribution in [1.82, 2.24) is 0 Å². The molecule has 3 heteroatoms. The fraction of sp³-hybridized carbons (Fsp3) is 0.167. The van der Waals surface area contributed by atoms with Crippen LogP contribution in [0.15, 0.2) is 16.4 Å². The van der Waals surface area contributed by atoms with E-state index >= 15 is 0 Å². The summed E-state index contributed by atoms with van der Waals surface area (Å²) in [6.07, 6.45) is 1.75. The molecule has 0 amide bonds. The van der Waals surface area contributed by atoms with Gasteiger partial charge in [0.15, 0.2) is 0 Å². The number of nitrogens with one attached hydrogen (secondary N) is 1. The van der Waals surface area contributed by atoms with E-state index in [1.165, 1.54) is 10.6 Å². The fourth-order valence-corrected chi connectivity index (χ4v) is 1.61. The molecule has 0 radical (unpaired) electrons. The summed E-state index contributed by atoms with van der Waals surface area (Å²) >= 11 is 1.75. The van der Waals surface area contributed by atoms with Crippen LogP contribution < -0.4 is 5.32 Å². The second kappa shape index (κ2) is 1.84. The van der Waals surface area contributed by atoms with E-state index in [2.05, 4.69) is 21.8 Å². The quantitative estimate of drug-likeness (QED) is 0.579. The van der Waals surface area contributed by atoms with Gasteiger partial charge in [-0.15, -0.1) is 11.3 Å². The lowest BCUT2D eigenvalue weighted by Gasteiger charge is -2.04. The zero-order valence-electron chi connectivity index (χ0n) is 4.79. The van der Waals surface area contributed by atoms with Crippen molar-refractivity contribution in [2.45, 2.75) is 6.54 Å². The monoisotopic (exact) mass is 138 g/mol. The zero-order valence-corrected chi connectivity index (χ0v) is 5.61. The van der Waals surface area contributed by atoms with Crippen LogP contribution in [0.2, 0.25) is 0 Å². The van der Waals surface area contributed by atoms with Crippen LogP contribution in [0.25, 0.3) is 0 Å². The van der Waals surface area contributed by atoms with Crippen LogP contribution in [0.3, 0.4) is 0 Å². The minimum atomic E-state index is 0.847. The standard InChI is InChI=1S/C6H6N2S/c1-2-9-6-3-7-4-8-5(1)6/h1-2,4H,3H2,(H,7,8). The summed E-state index contributed by atoms with van der Waals surface area (Å²) in [5, 5.41) is 5.14. The first-order valence-corrected chi connectivity index (χ1v) is 3.66. The van der Waals surface area contributed by atoms with Gasteiger partial charge in [0.25, 0.3) is 0 Å². The molecule has 2 nitrogen and oxygen atoms in total. The summed E-state index contributed by atoms with van der Waals surface area (Å²) in [5.74, 6) is 0. The number of hydrogen-bond acceptors (Lipinski definition) is 3. The van der Waals surface area contributed by atoms with Crippen LogP contribution in [0.4, 0.5) is 5.69 Å². The van der Waals surface area contributed by atoms with Gasteiger partial charge in [-0.2, -0.15) is 0 Å². The molecule has 0 aromatic carbocycles. The lowest BCUT2D eigenvalue weighted by atomic mass is 10.4. The molecule has 1 aliphatic heterocycles. The van der Waals surface area contributed by atoms with Crippen LogP contribution in [0.5, 0.6) is 0 Å². The van der Waals surface area contributed by atoms with E-state index in [9.17, 15) is 0 Å². The second-order valence-electron chi connectivity index (χ2n) is 1.87. The van der Waals surface area contributed by atoms with Gasteiger partial charge in [0.1, 0.15) is 0 Å². The molecule has 0 aliphatic carbocycles. The van der Waals surface area contributed by atoms with E-state index in [1.54, 1.807) is 17.7 Å². The van der Waals surface area contributed by atoms with Crippen molar-refractivity contribution in [3.63, 3.8) is 0 Å². The molecule has 1 aliphatic rings. The Morgan fingerprint density at radius 2 is 2.67 bits per heavy atom. The summed E-state index contributed by atoms with van der Waals surface area (Å²) in [5.41, 5.74) is 1.22. The molecule has 0 saturated heterocycles. The highest BCUT2D eigenvalue weighted by atomic mass is 32.1. The Kier molecular flexibility index (Phi) is 1.02. The summed E-state index contributed by atoms with van der Waals surface area (Å²) in [4.78, 5) is 5.40. The van der Waals surface area contributed by atoms with Crippen LogP contribution in [0, 0.1) is 0 Å². The van der Waals surface area contributed by atoms with Gasteiger partial charge < -0.3 is 5.32 Å². The predicted molar refractivity (Wildman–Crippen MR) is 40.1 cm³/mol. The average Bonchev–Trinajstić information content (AvgIpc) is 2.33. The Labute approximate surface area is 57.2 Å². The molecule has 2 heterocycles. The maximum absolute atomic E-state index is 4.06. The Bertz CT molecular complexity index is 216. The van der Waals surface area contributed by atoms with Crippen molar-refractivity contribution < 1.29 is 0 Å². The van der Waals surface area contributed by atoms with Gasteiger partial charge in [-0.1, -0.05) is 0 Å². The number of nitrogens with zero attached hydrogens (tertiary/aromatic N) is 1. The van der Waals surface area contributed by atoms with Crippen molar-refractivity contribution in [3.05, 3.63) is 16.3 Å². The first-order chi connectivity index (χ1) is 4.47. The van der Waals surface area contributed by atoms with Gasteiger partial charge >= 0.3 is 0 Å². The lowest BCUT2D eigenvalue weighted by Crippen LogP contribution is -2.00. The highest BCUT2D eigenvalue weighted by Crippen LogP contribution is 2.24. The average molecular weight is 138 g/mol. The van der Waals surface area contributed by atoms with E-state index in [0.717, 1.165) is 6.54 Å². The van der Waals surface area contributed by atoms with Crippen LogP contribution >= 0.6 is 11.3 Å². The van der Waals surface area contributed by atoms with Gasteiger partial charge in [-0.05, 0) is 11.4 Å². The largest absolute Gasteiger partial charge is 0.346 e. The topological polar surface area (TPSA) is 24.4 Å². The predicted octanol–water partition coefficient (Wildman–Crippen LogP) is 1.70. The van der Waals surface area contributed by atoms with Crippen molar-refractivity contribution in [2.24, 2.45) is 4.99 Å². The molecule has 0 spiro atoms. The van der Waals surface area contributed by atoms with Gasteiger partial charge in [0.05, 0.1) is 18.6 Å². The number of anilines is 1. The summed E-state index contributed by atoms with van der Waals surface area (Å²) < 4.78 is 0. The van der Waals surface area contributed by atoms with E-state index < -0.39 is 0 Å². The molecule has 0 saturated carbocycles. The summed E-state index contributed by atoms with van der Waals surface area (Å²) in [7, 11) is 0. The Hall–Kier alpha value is -0.830. The zero-order chi connectivity index (χ0) is 6.10. The molecule has 2 rings (SSSR count). The number of aliphatic imine (C=N–C) groups is 1. The third kappa shape index (κ3) is 0.733. The molecule has 1 aromatic rings. The van der Waals surface area contributed by atoms with E-state index in [1.807, 2.05) is 0 Å². The molecular weight excluding hydrogens is 132 g/mol. The molecule has 1 N–H and O–H groups in total. The summed E-state index contributed by atoms with van der Waals surface area (Å²) in [6.45, 7) is 0.847. The Morgan fingerprint density at radius 3 is 3.56 bits per heavy atom. The normalized spacial score (nSPS) is 14.7. The SMILES string of the molecule is C1=NCc2sccc2N1. The summed E-state index contributed by atoms with van der Waals surface area (Å²) in [6, 6.07) is 2.07. The molecular formula is C6H6N2S. The van der Waals surface area contributed by atoms with Gasteiger partial charge in [-0.3, -0.25) is 4.99 Å². The Morgan fingerprint density at radius 1 is 1.67 bits per heavy atom. The van der Waals surface area contributed by atoms with Crippen molar-refractivity contribution in [1.29, 1.82) is 0 Å². The highest BCUT2D eigenvalue weighted by molar-refractivity contribution is 7.10. The molecule has 46 valence electrons. The first kappa shape index (κ1) is 4.99. The van der Waals surface area contributed by atoms with Gasteiger partial charge in [0, 0.05) is 4.88 Å². The van der Waals surface area contributed by atoms with Crippen molar-refractivity contribution in [3.8, 4) is 0 Å². The van der Waals surface area contributed by atoms with E-state index in [0.29, 0.717) is 0 Å². The molecule has 0 fully saturated rings. The minimum absolute atomic E-state index is 0.847. The van der Waals surface area contributed by atoms with Crippen LogP contribution in [-0.4, -0.2) is 6.34 Å². The van der Waals surface area contributed by atoms with Crippen LogP contribution in [-0.2, 0) is 6.54 Å². The molecule has 9 heavy (non-hydrogen) atoms. The third-order valence-corrected chi connectivity index (χ3v) is 2.20. The van der Waals surface area contributed by atoms with Gasteiger partial charge in [-0.25, -0.2) is 0 Å². The smallest absolute Gasteiger partial charge is 0.0872 e. The van der Waals surface area contributed by atoms with Crippen molar-refractivity contribution in [2.75, 3.05) is 5.32 Å². The molecule has 0 bridgehead atoms. The number of fused-ring (bicyclic) bond motifs is 1. The Balaban J connectivity index is 2.46. The van der Waals surface area contributed by atoms with Gasteiger partial charge in [0.2, 0.25) is 0 Å². The maximum atomic E-state index is 4.06. The number of hydrogen-bond donors (Lipinski definition) is 1. The highest BCUT2D eigenvalue weighted by Gasteiger charge is 2.03. The van der Waals surface area contributed by atoms with E-state index in [4.69, 9.17) is 0 Å². The third-order valence-electron chi connectivity index (χ3n) is 1.29. The number of rotatable bonds is 0. The molecule has 0 atom stereocenters. The van der Waals surface area contributed by atoms with Crippen molar-refractivity contribution >= 4 is 23.4 Å². The maximum Gasteiger partial charge on any atom is 0.0872 e. The molecule has 0 unspecified atom stereocenters. The first-order valence-electron chi connectivity index (χ1n) is 2.78. The number of thiophene rings is 1. The van der Waals surface area contributed by atoms with Crippen LogP contribution in [0.1, 0.15) is 4.88 Å². The lowest BCUT2D eigenvalue weighted by molar-refractivity contribution is 1.10. The second-order valence-corrected chi connectivity index (χ2v) is 2.87.